The second kappa shape index (κ2) is 9.89. The Balaban J connectivity index is 1.90. The molecule has 2 saturated heterocycles. The van der Waals surface area contributed by atoms with Crippen LogP contribution in [0, 0.1) is 11.8 Å². The van der Waals surface area contributed by atoms with E-state index < -0.39 is 5.60 Å². The van der Waals surface area contributed by atoms with Gasteiger partial charge < -0.3 is 4.74 Å². The summed E-state index contributed by atoms with van der Waals surface area (Å²) >= 11 is 0. The van der Waals surface area contributed by atoms with Crippen LogP contribution in [0.3, 0.4) is 0 Å². The van der Waals surface area contributed by atoms with Gasteiger partial charge in [-0.3, -0.25) is 14.5 Å². The zero-order chi connectivity index (χ0) is 24.4. The van der Waals surface area contributed by atoms with Gasteiger partial charge in [-0.05, 0) is 73.3 Å². The molecule has 5 nitrogen and oxygen atoms in total. The zero-order valence-corrected chi connectivity index (χ0v) is 21.8. The van der Waals surface area contributed by atoms with Gasteiger partial charge in [0, 0.05) is 36.1 Å². The maximum Gasteiger partial charge on any atom is 0.311 e. The zero-order valence-electron chi connectivity index (χ0n) is 21.8. The molecule has 3 rings (SSSR count). The molecule has 0 N–H and O–H groups in total. The molecule has 0 aromatic heterocycles. The van der Waals surface area contributed by atoms with Crippen LogP contribution in [0.5, 0.6) is 0 Å². The third-order valence-electron chi connectivity index (χ3n) is 6.99. The van der Waals surface area contributed by atoms with Gasteiger partial charge in [0.2, 0.25) is 0 Å². The number of hydroxylamine groups is 2. The van der Waals surface area contributed by atoms with Crippen LogP contribution in [-0.2, 0) is 14.4 Å². The summed E-state index contributed by atoms with van der Waals surface area (Å²) in [5.41, 5.74) is 0.520. The Kier molecular flexibility index (Phi) is 7.77. The molecule has 1 aromatic rings. The number of rotatable bonds is 7. The van der Waals surface area contributed by atoms with E-state index in [1.54, 1.807) is 0 Å². The van der Waals surface area contributed by atoms with Crippen LogP contribution in [-0.4, -0.2) is 52.3 Å². The van der Waals surface area contributed by atoms with Gasteiger partial charge in [0.05, 0.1) is 12.5 Å². The molecule has 0 aliphatic carbocycles. The van der Waals surface area contributed by atoms with Crippen LogP contribution in [0.1, 0.15) is 79.3 Å². The third-order valence-corrected chi connectivity index (χ3v) is 6.99. The molecule has 0 unspecified atom stereocenters. The molecule has 0 bridgehead atoms. The van der Waals surface area contributed by atoms with Crippen molar-refractivity contribution in [1.82, 2.24) is 9.96 Å². The molecule has 0 saturated carbocycles. The number of likely N-dealkylation sites (tertiary alicyclic amines) is 1. The molecule has 184 valence electrons. The summed E-state index contributed by atoms with van der Waals surface area (Å²) in [5, 5.41) is 2.20. The third kappa shape index (κ3) is 6.06. The van der Waals surface area contributed by atoms with Crippen molar-refractivity contribution in [2.45, 2.75) is 90.4 Å². The van der Waals surface area contributed by atoms with Gasteiger partial charge in [0.25, 0.3) is 0 Å². The van der Waals surface area contributed by atoms with Gasteiger partial charge in [-0.2, -0.15) is 5.06 Å². The highest BCUT2D eigenvalue weighted by atomic mass is 16.7. The number of carbonyl (C=O) groups is 1. The summed E-state index contributed by atoms with van der Waals surface area (Å²) in [6.07, 6.45) is 5.33. The normalized spacial score (nSPS) is 27.9. The molecular formula is C28H44N2O3. The van der Waals surface area contributed by atoms with E-state index >= 15 is 0 Å². The van der Waals surface area contributed by atoms with E-state index in [0.29, 0.717) is 6.61 Å². The van der Waals surface area contributed by atoms with Crippen molar-refractivity contribution in [2.24, 2.45) is 11.8 Å². The lowest BCUT2D eigenvalue weighted by molar-refractivity contribution is -0.287. The number of hydrogen-bond acceptors (Lipinski definition) is 5. The fourth-order valence-corrected chi connectivity index (χ4v) is 5.78. The topological polar surface area (TPSA) is 42.0 Å². The predicted molar refractivity (Wildman–Crippen MR) is 134 cm³/mol. The summed E-state index contributed by atoms with van der Waals surface area (Å²) in [5.74, 6) is -0.421. The summed E-state index contributed by atoms with van der Waals surface area (Å²) in [6.45, 7) is 20.8. The minimum absolute atomic E-state index is 0.0264. The maximum atomic E-state index is 13.6. The van der Waals surface area contributed by atoms with Gasteiger partial charge in [0.15, 0.2) is 0 Å². The highest BCUT2D eigenvalue weighted by Gasteiger charge is 2.49. The van der Waals surface area contributed by atoms with Crippen molar-refractivity contribution in [3.8, 4) is 0 Å². The summed E-state index contributed by atoms with van der Waals surface area (Å²) in [4.78, 5) is 22.5. The Bertz CT molecular complexity index is 796. The molecule has 0 radical (unpaired) electrons. The number of benzene rings is 1. The molecule has 2 fully saturated rings. The van der Waals surface area contributed by atoms with Gasteiger partial charge >= 0.3 is 5.97 Å². The second-order valence-corrected chi connectivity index (χ2v) is 12.0. The lowest BCUT2D eigenvalue weighted by atomic mass is 9.82. The summed E-state index contributed by atoms with van der Waals surface area (Å²) in [6, 6.07) is 10.2. The van der Waals surface area contributed by atoms with Gasteiger partial charge in [-0.1, -0.05) is 36.4 Å². The highest BCUT2D eigenvalue weighted by molar-refractivity contribution is 5.75. The first kappa shape index (κ1) is 25.9. The van der Waals surface area contributed by atoms with E-state index in [4.69, 9.17) is 9.57 Å². The van der Waals surface area contributed by atoms with Crippen molar-refractivity contribution in [1.29, 1.82) is 0 Å². The van der Waals surface area contributed by atoms with Crippen LogP contribution < -0.4 is 0 Å². The molecule has 3 atom stereocenters. The molecule has 0 spiro atoms. The van der Waals surface area contributed by atoms with E-state index in [9.17, 15) is 4.79 Å². The fourth-order valence-electron chi connectivity index (χ4n) is 5.78. The quantitative estimate of drug-likeness (QED) is 0.384. The Morgan fingerprint density at radius 1 is 1.12 bits per heavy atom. The number of hydrogen-bond donors (Lipinski definition) is 0. The number of nitrogens with zero attached hydrogens (tertiary/aromatic N) is 2. The van der Waals surface area contributed by atoms with E-state index in [2.05, 4.69) is 56.4 Å². The largest absolute Gasteiger partial charge is 0.460 e. The number of carbonyl (C=O) groups excluding carboxylic acids is 1. The van der Waals surface area contributed by atoms with Crippen LogP contribution in [0.15, 0.2) is 43.0 Å². The number of piperidine rings is 1. The minimum Gasteiger partial charge on any atom is -0.460 e. The fraction of sp³-hybridized carbons (Fsp3) is 0.679. The molecule has 2 aliphatic heterocycles. The van der Waals surface area contributed by atoms with Crippen LogP contribution in [0.25, 0.3) is 0 Å². The molecular weight excluding hydrogens is 412 g/mol. The lowest BCUT2D eigenvalue weighted by Gasteiger charge is -2.51. The average Bonchev–Trinajstić information content (AvgIpc) is 3.04. The van der Waals surface area contributed by atoms with E-state index in [1.807, 2.05) is 45.0 Å². The van der Waals surface area contributed by atoms with Gasteiger partial charge in [-0.25, -0.2) is 0 Å². The van der Waals surface area contributed by atoms with Crippen molar-refractivity contribution >= 4 is 5.97 Å². The first-order valence-corrected chi connectivity index (χ1v) is 12.4. The lowest BCUT2D eigenvalue weighted by Crippen LogP contribution is -2.58. The number of ether oxygens (including phenoxy) is 1. The van der Waals surface area contributed by atoms with Gasteiger partial charge in [-0.15, -0.1) is 6.58 Å². The van der Waals surface area contributed by atoms with Gasteiger partial charge in [0.1, 0.15) is 5.60 Å². The first-order chi connectivity index (χ1) is 15.4. The molecule has 2 heterocycles. The summed E-state index contributed by atoms with van der Waals surface area (Å²) in [7, 11) is 0. The average molecular weight is 457 g/mol. The second-order valence-electron chi connectivity index (χ2n) is 12.0. The van der Waals surface area contributed by atoms with Crippen molar-refractivity contribution in [3.05, 3.63) is 48.6 Å². The van der Waals surface area contributed by atoms with Crippen molar-refractivity contribution in [3.63, 3.8) is 0 Å². The smallest absolute Gasteiger partial charge is 0.311 e. The monoisotopic (exact) mass is 456 g/mol. The molecule has 2 aliphatic rings. The van der Waals surface area contributed by atoms with E-state index in [1.165, 1.54) is 6.42 Å². The van der Waals surface area contributed by atoms with Crippen LogP contribution in [0.2, 0.25) is 0 Å². The van der Waals surface area contributed by atoms with Crippen LogP contribution in [0.4, 0.5) is 0 Å². The Labute approximate surface area is 201 Å². The molecule has 5 heteroatoms. The Morgan fingerprint density at radius 2 is 1.73 bits per heavy atom. The minimum atomic E-state index is -0.535. The Morgan fingerprint density at radius 3 is 2.27 bits per heavy atom. The molecule has 33 heavy (non-hydrogen) atoms. The number of esters is 1. The molecule has 0 amide bonds. The van der Waals surface area contributed by atoms with Crippen molar-refractivity contribution in [2.75, 3.05) is 19.7 Å². The first-order valence-electron chi connectivity index (χ1n) is 12.4. The Hall–Kier alpha value is -1.69. The SMILES string of the molecule is C=CCN1C[C@H](CON2C(C)(C)CCCC2(C)C)[C@@H](C(=O)OC(C)(C)C)[C@@H]1c1ccccc1. The maximum absolute atomic E-state index is 13.6. The predicted octanol–water partition coefficient (Wildman–Crippen LogP) is 5.78. The summed E-state index contributed by atoms with van der Waals surface area (Å²) < 4.78 is 5.94. The highest BCUT2D eigenvalue weighted by Crippen LogP contribution is 2.44. The van der Waals surface area contributed by atoms with E-state index in [-0.39, 0.29) is 34.9 Å². The molecule has 1 aromatic carbocycles. The van der Waals surface area contributed by atoms with E-state index in [0.717, 1.165) is 31.5 Å². The van der Waals surface area contributed by atoms with Crippen molar-refractivity contribution < 1.29 is 14.4 Å². The standard InChI is InChI=1S/C28H44N2O3/c1-9-18-29-19-22(20-32-30-27(5,6)16-13-17-28(30,7)8)23(25(31)33-26(2,3)4)24(29)21-14-11-10-12-15-21/h9-12,14-15,22-24H,1,13,16-20H2,2-8H3/t22-,23-,24+/m1/s1. The van der Waals surface area contributed by atoms with Crippen LogP contribution >= 0.6 is 0 Å².